The van der Waals surface area contributed by atoms with Crippen molar-refractivity contribution in [3.63, 3.8) is 0 Å². The number of benzene rings is 1. The molecule has 140 valence electrons. The fourth-order valence-corrected chi connectivity index (χ4v) is 8.11. The number of hydrogen-bond acceptors (Lipinski definition) is 3. The van der Waals surface area contributed by atoms with Crippen LogP contribution in [0.4, 0.5) is 5.69 Å². The third-order valence-corrected chi connectivity index (χ3v) is 9.11. The maximum Gasteiger partial charge on any atom is 0.229 e. The monoisotopic (exact) mass is 365 g/mol. The Morgan fingerprint density at radius 3 is 3.07 bits per heavy atom. The van der Waals surface area contributed by atoms with E-state index in [-0.39, 0.29) is 29.4 Å². The first-order valence-corrected chi connectivity index (χ1v) is 10.3. The minimum Gasteiger partial charge on any atom is -0.373 e. The second-order valence-corrected chi connectivity index (χ2v) is 9.78. The molecular weight excluding hydrogens is 340 g/mol. The molecule has 6 aliphatic rings. The van der Waals surface area contributed by atoms with Crippen LogP contribution >= 0.6 is 0 Å². The topological polar surface area (TPSA) is 49.8 Å². The highest BCUT2D eigenvalue weighted by Crippen LogP contribution is 2.70. The molecule has 5 aliphatic heterocycles. The van der Waals surface area contributed by atoms with Gasteiger partial charge in [0, 0.05) is 30.4 Å². The van der Waals surface area contributed by atoms with Gasteiger partial charge in [0.25, 0.3) is 0 Å². The lowest BCUT2D eigenvalue weighted by Crippen LogP contribution is -2.78. The van der Waals surface area contributed by atoms with E-state index < -0.39 is 5.72 Å². The van der Waals surface area contributed by atoms with Crippen molar-refractivity contribution >= 4 is 11.6 Å². The predicted octanol–water partition coefficient (Wildman–Crippen LogP) is 1.56. The van der Waals surface area contributed by atoms with Crippen molar-refractivity contribution in [2.24, 2.45) is 11.8 Å². The first-order valence-electron chi connectivity index (χ1n) is 10.3. The van der Waals surface area contributed by atoms with Gasteiger partial charge in [-0.15, -0.1) is 0 Å². The molecule has 27 heavy (non-hydrogen) atoms. The van der Waals surface area contributed by atoms with E-state index in [0.29, 0.717) is 23.4 Å². The number of nitrogens with zero attached hydrogens (tertiary/aromatic N) is 2. The zero-order chi connectivity index (χ0) is 18.2. The molecule has 5 heteroatoms. The minimum atomic E-state index is -0.812. The summed E-state index contributed by atoms with van der Waals surface area (Å²) in [5, 5.41) is 12.4. The molecule has 1 amide bonds. The van der Waals surface area contributed by atoms with Crippen molar-refractivity contribution in [2.45, 2.75) is 42.5 Å². The van der Waals surface area contributed by atoms with Crippen LogP contribution in [-0.4, -0.2) is 60.1 Å². The third-order valence-electron chi connectivity index (χ3n) is 9.11. The van der Waals surface area contributed by atoms with Crippen LogP contribution in [0.25, 0.3) is 0 Å². The molecule has 1 aromatic carbocycles. The normalized spacial score (nSPS) is 51.0. The number of likely N-dealkylation sites (N-methyl/N-ethyl adjacent to an activating group) is 1. The number of amides is 1. The Kier molecular flexibility index (Phi) is 2.44. The van der Waals surface area contributed by atoms with Gasteiger partial charge in [-0.2, -0.15) is 0 Å². The lowest BCUT2D eigenvalue weighted by atomic mass is 9.51. The average Bonchev–Trinajstić information content (AvgIpc) is 3.02. The number of para-hydroxylation sites is 1. The number of hydrogen-bond donors (Lipinski definition) is 1. The molecule has 7 rings (SSSR count). The number of carbonyl (C=O) groups is 1. The standard InChI is InChI=1S/C22H25N2O3/c1-24-8-7-21-15-4-2-3-5-16(15)23-18(25)10-17-19(20(21)23)14(11-22(21,24)26)13(12-24)6-9-27-17/h2-6,14,17,19-20,26H,7-12H2,1H3/q+1/t14-,17-,19-,20-,21-,22+,24?/m0/s1. The van der Waals surface area contributed by atoms with Crippen molar-refractivity contribution in [1.29, 1.82) is 0 Å². The van der Waals surface area contributed by atoms with E-state index in [1.165, 1.54) is 11.1 Å². The number of anilines is 1. The summed E-state index contributed by atoms with van der Waals surface area (Å²) in [4.78, 5) is 15.4. The Morgan fingerprint density at radius 2 is 2.19 bits per heavy atom. The molecule has 1 aromatic rings. The summed E-state index contributed by atoms with van der Waals surface area (Å²) in [6.07, 6.45) is 4.44. The zero-order valence-electron chi connectivity index (χ0n) is 15.6. The second-order valence-electron chi connectivity index (χ2n) is 9.78. The highest BCUT2D eigenvalue weighted by atomic mass is 16.5. The lowest BCUT2D eigenvalue weighted by molar-refractivity contribution is -0.976. The average molecular weight is 365 g/mol. The molecule has 5 nitrogen and oxygen atoms in total. The molecule has 1 unspecified atom stereocenters. The van der Waals surface area contributed by atoms with Gasteiger partial charge in [0.05, 0.1) is 38.8 Å². The minimum absolute atomic E-state index is 0.0200. The van der Waals surface area contributed by atoms with Crippen molar-refractivity contribution in [3.8, 4) is 0 Å². The molecule has 0 radical (unpaired) electrons. The van der Waals surface area contributed by atoms with Crippen molar-refractivity contribution in [3.05, 3.63) is 41.5 Å². The number of fused-ring (bicyclic) bond motifs is 2. The first kappa shape index (κ1) is 15.3. The van der Waals surface area contributed by atoms with Crippen LogP contribution < -0.4 is 4.90 Å². The summed E-state index contributed by atoms with van der Waals surface area (Å²) >= 11 is 0. The van der Waals surface area contributed by atoms with E-state index in [0.717, 1.165) is 31.6 Å². The maximum absolute atomic E-state index is 13.3. The van der Waals surface area contributed by atoms with Crippen LogP contribution in [0.3, 0.4) is 0 Å². The lowest BCUT2D eigenvalue weighted by Gasteiger charge is -2.63. The Bertz CT molecular complexity index is 943. The van der Waals surface area contributed by atoms with Gasteiger partial charge in [0.1, 0.15) is 12.0 Å². The Balaban J connectivity index is 1.60. The van der Waals surface area contributed by atoms with Crippen LogP contribution in [-0.2, 0) is 14.9 Å². The fraction of sp³-hybridized carbons (Fsp3) is 0.591. The molecule has 1 saturated carbocycles. The smallest absolute Gasteiger partial charge is 0.229 e. The molecule has 2 bridgehead atoms. The van der Waals surface area contributed by atoms with Crippen molar-refractivity contribution in [2.75, 3.05) is 31.6 Å². The molecule has 1 N–H and O–H groups in total. The Hall–Kier alpha value is -1.69. The van der Waals surface area contributed by atoms with Gasteiger partial charge in [0.15, 0.2) is 0 Å². The van der Waals surface area contributed by atoms with Crippen LogP contribution in [0.5, 0.6) is 0 Å². The van der Waals surface area contributed by atoms with Gasteiger partial charge in [-0.25, -0.2) is 0 Å². The summed E-state index contributed by atoms with van der Waals surface area (Å²) in [5.41, 5.74) is 2.51. The third kappa shape index (κ3) is 1.36. The van der Waals surface area contributed by atoms with Crippen LogP contribution in [0.15, 0.2) is 35.9 Å². The largest absolute Gasteiger partial charge is 0.373 e. The van der Waals surface area contributed by atoms with Gasteiger partial charge >= 0.3 is 0 Å². The number of piperidine rings is 2. The molecule has 0 aromatic heterocycles. The van der Waals surface area contributed by atoms with E-state index in [2.05, 4.69) is 36.2 Å². The quantitative estimate of drug-likeness (QED) is 0.561. The van der Waals surface area contributed by atoms with Gasteiger partial charge in [-0.05, 0) is 17.2 Å². The highest BCUT2D eigenvalue weighted by molar-refractivity contribution is 5.99. The fourth-order valence-electron chi connectivity index (χ4n) is 8.11. The molecule has 3 saturated heterocycles. The van der Waals surface area contributed by atoms with E-state index >= 15 is 0 Å². The van der Waals surface area contributed by atoms with E-state index in [4.69, 9.17) is 4.74 Å². The predicted molar refractivity (Wildman–Crippen MR) is 98.9 cm³/mol. The van der Waals surface area contributed by atoms with E-state index in [1.54, 1.807) is 0 Å². The van der Waals surface area contributed by atoms with Crippen molar-refractivity contribution in [1.82, 2.24) is 0 Å². The Morgan fingerprint density at radius 1 is 1.33 bits per heavy atom. The van der Waals surface area contributed by atoms with Crippen LogP contribution in [0, 0.1) is 11.8 Å². The molecule has 7 atom stereocenters. The highest BCUT2D eigenvalue weighted by Gasteiger charge is 2.82. The van der Waals surface area contributed by atoms with E-state index in [1.807, 2.05) is 6.07 Å². The molecule has 5 heterocycles. The molecular formula is C22H25N2O3+. The summed E-state index contributed by atoms with van der Waals surface area (Å²) in [7, 11) is 2.23. The van der Waals surface area contributed by atoms with Crippen LogP contribution in [0.2, 0.25) is 0 Å². The maximum atomic E-state index is 13.3. The van der Waals surface area contributed by atoms with Gasteiger partial charge in [-0.1, -0.05) is 24.3 Å². The second kappa shape index (κ2) is 4.32. The zero-order valence-corrected chi connectivity index (χ0v) is 15.6. The number of quaternary nitrogens is 1. The van der Waals surface area contributed by atoms with Crippen molar-refractivity contribution < 1.29 is 19.1 Å². The van der Waals surface area contributed by atoms with Gasteiger partial charge in [-0.3, -0.25) is 9.28 Å². The summed E-state index contributed by atoms with van der Waals surface area (Å²) in [5.74, 6) is 0.782. The van der Waals surface area contributed by atoms with E-state index in [9.17, 15) is 9.90 Å². The number of carbonyl (C=O) groups excluding carboxylic acids is 1. The number of ether oxygens (including phenoxy) is 1. The van der Waals surface area contributed by atoms with Gasteiger partial charge in [0.2, 0.25) is 11.6 Å². The van der Waals surface area contributed by atoms with Crippen LogP contribution in [0.1, 0.15) is 24.8 Å². The SMILES string of the molecule is C[N+]12CC[C@@]34c5ccccc5N5C(=O)C[C@@H]6OCC=C(C1)[C@H](C[C@@]32O)[C@@H]6[C@H]54. The number of rotatable bonds is 0. The summed E-state index contributed by atoms with van der Waals surface area (Å²) < 4.78 is 6.93. The number of aliphatic hydroxyl groups is 1. The first-order chi connectivity index (χ1) is 13.0. The molecule has 1 spiro atoms. The summed E-state index contributed by atoms with van der Waals surface area (Å²) in [6.45, 7) is 2.48. The molecule has 1 aliphatic carbocycles. The van der Waals surface area contributed by atoms with Gasteiger partial charge < -0.3 is 14.7 Å². The summed E-state index contributed by atoms with van der Waals surface area (Å²) in [6, 6.07) is 8.38. The Labute approximate surface area is 158 Å². The molecule has 4 fully saturated rings.